The molecule has 0 aromatic carbocycles. The van der Waals surface area contributed by atoms with Gasteiger partial charge in [-0.05, 0) is 30.9 Å². The van der Waals surface area contributed by atoms with Gasteiger partial charge < -0.3 is 16.2 Å². The predicted molar refractivity (Wildman–Crippen MR) is 72.9 cm³/mol. The van der Waals surface area contributed by atoms with Gasteiger partial charge in [0, 0.05) is 24.8 Å². The Bertz CT molecular complexity index is 504. The first-order valence-electron chi connectivity index (χ1n) is 6.78. The average Bonchev–Trinajstić information content (AvgIpc) is 2.93. The predicted octanol–water partition coefficient (Wildman–Crippen LogP) is 0.771. The molecule has 6 heteroatoms. The fourth-order valence-corrected chi connectivity index (χ4v) is 2.66. The molecular weight excluding hydrogens is 258 g/mol. The van der Waals surface area contributed by atoms with E-state index in [2.05, 4.69) is 10.3 Å². The molecule has 108 valence electrons. The van der Waals surface area contributed by atoms with Crippen molar-refractivity contribution in [1.82, 2.24) is 10.3 Å². The maximum atomic E-state index is 12.0. The third kappa shape index (κ3) is 3.33. The van der Waals surface area contributed by atoms with Gasteiger partial charge in [0.2, 0.25) is 0 Å². The van der Waals surface area contributed by atoms with Gasteiger partial charge in [-0.25, -0.2) is 0 Å². The molecule has 2 unspecified atom stereocenters. The minimum absolute atomic E-state index is 0.0206. The number of carboxylic acid groups (broad SMARTS) is 1. The van der Waals surface area contributed by atoms with Crippen molar-refractivity contribution in [1.29, 1.82) is 0 Å². The summed E-state index contributed by atoms with van der Waals surface area (Å²) in [4.78, 5) is 27.1. The zero-order valence-corrected chi connectivity index (χ0v) is 11.2. The number of rotatable bonds is 5. The SMILES string of the molecule is NCc1cc(C(=O)NCC2CCCC2C(=O)O)ccn1. The van der Waals surface area contributed by atoms with Gasteiger partial charge in [0.15, 0.2) is 0 Å². The van der Waals surface area contributed by atoms with Crippen LogP contribution in [0.4, 0.5) is 0 Å². The molecular formula is C14H19N3O3. The van der Waals surface area contributed by atoms with E-state index in [-0.39, 0.29) is 24.3 Å². The van der Waals surface area contributed by atoms with Gasteiger partial charge in [-0.1, -0.05) is 6.42 Å². The van der Waals surface area contributed by atoms with Crippen LogP contribution in [0.1, 0.15) is 35.3 Å². The Morgan fingerprint density at radius 2 is 2.25 bits per heavy atom. The quantitative estimate of drug-likeness (QED) is 0.737. The lowest BCUT2D eigenvalue weighted by molar-refractivity contribution is -0.142. The number of hydrogen-bond donors (Lipinski definition) is 3. The molecule has 1 fully saturated rings. The number of hydrogen-bond acceptors (Lipinski definition) is 4. The van der Waals surface area contributed by atoms with Crippen LogP contribution < -0.4 is 11.1 Å². The lowest BCUT2D eigenvalue weighted by Crippen LogP contribution is -2.33. The second-order valence-electron chi connectivity index (χ2n) is 5.09. The first-order chi connectivity index (χ1) is 9.61. The number of nitrogens with two attached hydrogens (primary N) is 1. The smallest absolute Gasteiger partial charge is 0.306 e. The van der Waals surface area contributed by atoms with Crippen molar-refractivity contribution in [2.24, 2.45) is 17.6 Å². The fourth-order valence-electron chi connectivity index (χ4n) is 2.66. The number of aliphatic carboxylic acids is 1. The number of pyridine rings is 1. The van der Waals surface area contributed by atoms with Crippen LogP contribution in [0.2, 0.25) is 0 Å². The highest BCUT2D eigenvalue weighted by atomic mass is 16.4. The third-order valence-corrected chi connectivity index (χ3v) is 3.79. The van der Waals surface area contributed by atoms with Gasteiger partial charge in [-0.15, -0.1) is 0 Å². The van der Waals surface area contributed by atoms with Crippen LogP contribution in [-0.4, -0.2) is 28.5 Å². The molecule has 20 heavy (non-hydrogen) atoms. The number of amides is 1. The number of nitrogens with zero attached hydrogens (tertiary/aromatic N) is 1. The van der Waals surface area contributed by atoms with Crippen LogP contribution >= 0.6 is 0 Å². The molecule has 1 heterocycles. The molecule has 1 amide bonds. The summed E-state index contributed by atoms with van der Waals surface area (Å²) in [6, 6.07) is 3.27. The molecule has 1 saturated carbocycles. The summed E-state index contributed by atoms with van der Waals surface area (Å²) in [7, 11) is 0. The van der Waals surface area contributed by atoms with Crippen molar-refractivity contribution in [2.75, 3.05) is 6.54 Å². The Labute approximate surface area is 117 Å². The van der Waals surface area contributed by atoms with E-state index in [4.69, 9.17) is 10.8 Å². The normalized spacial score (nSPS) is 21.6. The molecule has 0 saturated heterocycles. The molecule has 2 rings (SSSR count). The van der Waals surface area contributed by atoms with Gasteiger partial charge in [-0.2, -0.15) is 0 Å². The van der Waals surface area contributed by atoms with E-state index in [0.717, 1.165) is 12.8 Å². The molecule has 1 aliphatic carbocycles. The van der Waals surface area contributed by atoms with E-state index in [1.54, 1.807) is 18.3 Å². The Balaban J connectivity index is 1.93. The van der Waals surface area contributed by atoms with Gasteiger partial charge in [-0.3, -0.25) is 14.6 Å². The fraction of sp³-hybridized carbons (Fsp3) is 0.500. The average molecular weight is 277 g/mol. The summed E-state index contributed by atoms with van der Waals surface area (Å²) in [6.45, 7) is 0.681. The van der Waals surface area contributed by atoms with Gasteiger partial charge in [0.05, 0.1) is 11.6 Å². The highest BCUT2D eigenvalue weighted by molar-refractivity contribution is 5.94. The number of carbonyl (C=O) groups excluding carboxylic acids is 1. The highest BCUT2D eigenvalue weighted by Crippen LogP contribution is 2.31. The number of aromatic nitrogens is 1. The molecule has 0 aliphatic heterocycles. The summed E-state index contributed by atoms with van der Waals surface area (Å²) in [6.07, 6.45) is 4.00. The number of carboxylic acids is 1. The molecule has 6 nitrogen and oxygen atoms in total. The largest absolute Gasteiger partial charge is 0.481 e. The summed E-state index contributed by atoms with van der Waals surface area (Å²) in [5, 5.41) is 11.9. The highest BCUT2D eigenvalue weighted by Gasteiger charge is 2.32. The standard InChI is InChI=1S/C14H19N3O3/c15-7-11-6-9(4-5-16-11)13(18)17-8-10-2-1-3-12(10)14(19)20/h4-6,10,12H,1-3,7-8,15H2,(H,17,18)(H,19,20). The van der Waals surface area contributed by atoms with E-state index in [1.165, 1.54) is 0 Å². The van der Waals surface area contributed by atoms with E-state index in [1.807, 2.05) is 0 Å². The molecule has 1 aromatic rings. The van der Waals surface area contributed by atoms with Crippen molar-refractivity contribution in [3.05, 3.63) is 29.6 Å². The summed E-state index contributed by atoms with van der Waals surface area (Å²) >= 11 is 0. The lowest BCUT2D eigenvalue weighted by Gasteiger charge is -2.16. The second kappa shape index (κ2) is 6.47. The third-order valence-electron chi connectivity index (χ3n) is 3.79. The maximum Gasteiger partial charge on any atom is 0.306 e. The van der Waals surface area contributed by atoms with Crippen molar-refractivity contribution < 1.29 is 14.7 Å². The zero-order chi connectivity index (χ0) is 14.5. The summed E-state index contributed by atoms with van der Waals surface area (Å²) in [5.41, 5.74) is 6.64. The van der Waals surface area contributed by atoms with Gasteiger partial charge in [0.1, 0.15) is 0 Å². The van der Waals surface area contributed by atoms with Gasteiger partial charge >= 0.3 is 5.97 Å². The lowest BCUT2D eigenvalue weighted by atomic mass is 9.96. The van der Waals surface area contributed by atoms with Crippen molar-refractivity contribution in [3.8, 4) is 0 Å². The van der Waals surface area contributed by atoms with Crippen molar-refractivity contribution in [2.45, 2.75) is 25.8 Å². The van der Waals surface area contributed by atoms with Crippen LogP contribution in [0, 0.1) is 11.8 Å². The van der Waals surface area contributed by atoms with Crippen LogP contribution in [0.5, 0.6) is 0 Å². The summed E-state index contributed by atoms with van der Waals surface area (Å²) < 4.78 is 0. The van der Waals surface area contributed by atoms with Gasteiger partial charge in [0.25, 0.3) is 5.91 Å². The zero-order valence-electron chi connectivity index (χ0n) is 11.2. The van der Waals surface area contributed by atoms with E-state index >= 15 is 0 Å². The van der Waals surface area contributed by atoms with Crippen molar-refractivity contribution >= 4 is 11.9 Å². The Kier molecular flexibility index (Phi) is 4.68. The summed E-state index contributed by atoms with van der Waals surface area (Å²) in [5.74, 6) is -1.30. The minimum Gasteiger partial charge on any atom is -0.481 e. The molecule has 0 spiro atoms. The molecule has 2 atom stereocenters. The van der Waals surface area contributed by atoms with Crippen LogP contribution in [-0.2, 0) is 11.3 Å². The van der Waals surface area contributed by atoms with Crippen LogP contribution in [0.15, 0.2) is 18.3 Å². The van der Waals surface area contributed by atoms with E-state index in [9.17, 15) is 9.59 Å². The molecule has 0 radical (unpaired) electrons. The number of carbonyl (C=O) groups is 2. The van der Waals surface area contributed by atoms with Crippen LogP contribution in [0.3, 0.4) is 0 Å². The first-order valence-corrected chi connectivity index (χ1v) is 6.78. The van der Waals surface area contributed by atoms with E-state index < -0.39 is 5.97 Å². The van der Waals surface area contributed by atoms with Crippen LogP contribution in [0.25, 0.3) is 0 Å². The Morgan fingerprint density at radius 1 is 1.45 bits per heavy atom. The number of nitrogens with one attached hydrogen (secondary N) is 1. The molecule has 4 N–H and O–H groups in total. The minimum atomic E-state index is -0.768. The molecule has 1 aromatic heterocycles. The topological polar surface area (TPSA) is 105 Å². The first kappa shape index (κ1) is 14.5. The van der Waals surface area contributed by atoms with E-state index in [0.29, 0.717) is 24.2 Å². The Morgan fingerprint density at radius 3 is 2.95 bits per heavy atom. The van der Waals surface area contributed by atoms with Crippen molar-refractivity contribution in [3.63, 3.8) is 0 Å². The molecule has 1 aliphatic rings. The monoisotopic (exact) mass is 277 g/mol. The molecule has 0 bridgehead atoms. The maximum absolute atomic E-state index is 12.0. The second-order valence-corrected chi connectivity index (χ2v) is 5.09. The Hall–Kier alpha value is -1.95.